The summed E-state index contributed by atoms with van der Waals surface area (Å²) in [7, 11) is 1.43. The second-order valence-electron chi connectivity index (χ2n) is 4.69. The number of benzene rings is 1. The lowest BCUT2D eigenvalue weighted by Gasteiger charge is -2.10. The van der Waals surface area contributed by atoms with Gasteiger partial charge in [-0.2, -0.15) is 0 Å². The molecule has 17 heavy (non-hydrogen) atoms. The predicted molar refractivity (Wildman–Crippen MR) is 66.8 cm³/mol. The molecule has 1 aromatic carbocycles. The third kappa shape index (κ3) is 3.07. The van der Waals surface area contributed by atoms with Gasteiger partial charge in [0.1, 0.15) is 0 Å². The van der Waals surface area contributed by atoms with Crippen molar-refractivity contribution in [1.82, 2.24) is 5.32 Å². The average molecular weight is 233 g/mol. The largest absolute Gasteiger partial charge is 0.469 e. The summed E-state index contributed by atoms with van der Waals surface area (Å²) in [5, 5.41) is 3.42. The first-order valence-electron chi connectivity index (χ1n) is 6.08. The van der Waals surface area contributed by atoms with Crippen molar-refractivity contribution in [2.45, 2.75) is 25.3 Å². The molecular weight excluding hydrogens is 214 g/mol. The molecule has 3 nitrogen and oxygen atoms in total. The van der Waals surface area contributed by atoms with E-state index in [-0.39, 0.29) is 11.9 Å². The summed E-state index contributed by atoms with van der Waals surface area (Å²) in [6, 6.07) is 11.0. The first-order chi connectivity index (χ1) is 8.22. The molecule has 0 bridgehead atoms. The van der Waals surface area contributed by atoms with E-state index in [1.807, 2.05) is 13.0 Å². The molecule has 0 saturated heterocycles. The molecule has 0 heterocycles. The quantitative estimate of drug-likeness (QED) is 0.790. The summed E-state index contributed by atoms with van der Waals surface area (Å²) < 4.78 is 4.70. The Morgan fingerprint density at radius 2 is 2.18 bits per heavy atom. The third-order valence-electron chi connectivity index (χ3n) is 3.31. The van der Waals surface area contributed by atoms with E-state index in [4.69, 9.17) is 4.74 Å². The fourth-order valence-corrected chi connectivity index (χ4v) is 2.10. The minimum absolute atomic E-state index is 0.0722. The molecule has 0 radical (unpaired) electrons. The average Bonchev–Trinajstić information content (AvgIpc) is 3.15. The van der Waals surface area contributed by atoms with Crippen LogP contribution in [0.2, 0.25) is 0 Å². The molecule has 1 aromatic rings. The fraction of sp³-hybridized carbons (Fsp3) is 0.500. The Morgan fingerprint density at radius 1 is 1.47 bits per heavy atom. The normalized spacial score (nSPS) is 24.1. The second-order valence-corrected chi connectivity index (χ2v) is 4.69. The lowest BCUT2D eigenvalue weighted by Crippen LogP contribution is -2.29. The molecule has 1 saturated carbocycles. The van der Waals surface area contributed by atoms with E-state index in [9.17, 15) is 4.79 Å². The molecule has 1 N–H and O–H groups in total. The Kier molecular flexibility index (Phi) is 3.79. The predicted octanol–water partition coefficient (Wildman–Crippen LogP) is 1.94. The van der Waals surface area contributed by atoms with Crippen LogP contribution in [0.4, 0.5) is 0 Å². The van der Waals surface area contributed by atoms with Crippen molar-refractivity contribution in [3.8, 4) is 0 Å². The number of methoxy groups -OCH3 is 1. The molecule has 1 fully saturated rings. The zero-order chi connectivity index (χ0) is 12.3. The zero-order valence-corrected chi connectivity index (χ0v) is 10.3. The summed E-state index contributed by atoms with van der Waals surface area (Å²) >= 11 is 0. The maximum absolute atomic E-state index is 11.2. The Hall–Kier alpha value is -1.35. The van der Waals surface area contributed by atoms with Crippen molar-refractivity contribution in [1.29, 1.82) is 0 Å². The van der Waals surface area contributed by atoms with Gasteiger partial charge in [0, 0.05) is 18.5 Å². The van der Waals surface area contributed by atoms with E-state index in [0.717, 1.165) is 6.42 Å². The lowest BCUT2D eigenvalue weighted by molar-refractivity contribution is -0.144. The lowest BCUT2D eigenvalue weighted by atomic mass is 10.1. The number of carbonyl (C=O) groups excluding carboxylic acids is 1. The molecule has 0 aliphatic heterocycles. The number of rotatable bonds is 5. The topological polar surface area (TPSA) is 38.3 Å². The van der Waals surface area contributed by atoms with Gasteiger partial charge < -0.3 is 10.1 Å². The minimum atomic E-state index is -0.144. The number of hydrogen-bond acceptors (Lipinski definition) is 3. The van der Waals surface area contributed by atoms with Crippen LogP contribution < -0.4 is 5.32 Å². The van der Waals surface area contributed by atoms with Gasteiger partial charge in [-0.05, 0) is 12.0 Å². The highest BCUT2D eigenvalue weighted by Gasteiger charge is 2.38. The molecular formula is C14H19NO2. The van der Waals surface area contributed by atoms with Gasteiger partial charge >= 0.3 is 5.97 Å². The van der Waals surface area contributed by atoms with Crippen LogP contribution in [0.25, 0.3) is 0 Å². The van der Waals surface area contributed by atoms with Crippen LogP contribution in [0.5, 0.6) is 0 Å². The maximum atomic E-state index is 11.2. The van der Waals surface area contributed by atoms with E-state index in [2.05, 4.69) is 29.6 Å². The minimum Gasteiger partial charge on any atom is -0.469 e. The highest BCUT2D eigenvalue weighted by Crippen LogP contribution is 2.40. The van der Waals surface area contributed by atoms with Crippen molar-refractivity contribution >= 4 is 5.97 Å². The standard InChI is InChI=1S/C14H19NO2/c1-10(14(16)17-2)9-15-13-8-12(13)11-6-4-3-5-7-11/h3-7,10,12-13,15H,8-9H2,1-2H3. The first kappa shape index (κ1) is 12.1. The molecule has 3 heteroatoms. The smallest absolute Gasteiger partial charge is 0.309 e. The van der Waals surface area contributed by atoms with Gasteiger partial charge in [0.25, 0.3) is 0 Å². The van der Waals surface area contributed by atoms with Gasteiger partial charge in [0.2, 0.25) is 0 Å². The molecule has 3 atom stereocenters. The van der Waals surface area contributed by atoms with Crippen molar-refractivity contribution in [2.24, 2.45) is 5.92 Å². The van der Waals surface area contributed by atoms with Crippen LogP contribution in [0, 0.1) is 5.92 Å². The first-order valence-corrected chi connectivity index (χ1v) is 6.08. The number of nitrogens with one attached hydrogen (secondary N) is 1. The highest BCUT2D eigenvalue weighted by molar-refractivity contribution is 5.72. The van der Waals surface area contributed by atoms with Crippen molar-refractivity contribution in [2.75, 3.05) is 13.7 Å². The Bertz CT molecular complexity index is 377. The molecule has 2 rings (SSSR count). The maximum Gasteiger partial charge on any atom is 0.309 e. The molecule has 1 aliphatic carbocycles. The molecule has 0 spiro atoms. The van der Waals surface area contributed by atoms with Gasteiger partial charge in [-0.3, -0.25) is 4.79 Å². The van der Waals surface area contributed by atoms with E-state index < -0.39 is 0 Å². The number of esters is 1. The van der Waals surface area contributed by atoms with Crippen LogP contribution in [0.3, 0.4) is 0 Å². The van der Waals surface area contributed by atoms with Crippen LogP contribution in [0.1, 0.15) is 24.8 Å². The van der Waals surface area contributed by atoms with Crippen LogP contribution in [-0.4, -0.2) is 25.7 Å². The molecule has 1 aliphatic rings. The Balaban J connectivity index is 1.76. The molecule has 0 amide bonds. The second kappa shape index (κ2) is 5.32. The van der Waals surface area contributed by atoms with Gasteiger partial charge in [-0.15, -0.1) is 0 Å². The third-order valence-corrected chi connectivity index (χ3v) is 3.31. The van der Waals surface area contributed by atoms with Crippen molar-refractivity contribution in [3.05, 3.63) is 35.9 Å². The van der Waals surface area contributed by atoms with E-state index >= 15 is 0 Å². The number of carbonyl (C=O) groups is 1. The van der Waals surface area contributed by atoms with Crippen molar-refractivity contribution < 1.29 is 9.53 Å². The van der Waals surface area contributed by atoms with Crippen molar-refractivity contribution in [3.63, 3.8) is 0 Å². The van der Waals surface area contributed by atoms with Gasteiger partial charge in [0.05, 0.1) is 13.0 Å². The van der Waals surface area contributed by atoms with Gasteiger partial charge in [-0.1, -0.05) is 37.3 Å². The van der Waals surface area contributed by atoms with Crippen LogP contribution >= 0.6 is 0 Å². The van der Waals surface area contributed by atoms with Gasteiger partial charge in [0.15, 0.2) is 0 Å². The highest BCUT2D eigenvalue weighted by atomic mass is 16.5. The summed E-state index contributed by atoms with van der Waals surface area (Å²) in [4.78, 5) is 11.2. The number of hydrogen-bond donors (Lipinski definition) is 1. The van der Waals surface area contributed by atoms with Crippen LogP contribution in [-0.2, 0) is 9.53 Å². The summed E-state index contributed by atoms with van der Waals surface area (Å²) in [6.07, 6.45) is 1.16. The summed E-state index contributed by atoms with van der Waals surface area (Å²) in [6.45, 7) is 2.58. The Labute approximate surface area is 102 Å². The molecule has 92 valence electrons. The fourth-order valence-electron chi connectivity index (χ4n) is 2.10. The SMILES string of the molecule is COC(=O)C(C)CNC1CC1c1ccccc1. The van der Waals surface area contributed by atoms with Gasteiger partial charge in [-0.25, -0.2) is 0 Å². The van der Waals surface area contributed by atoms with E-state index in [1.165, 1.54) is 12.7 Å². The zero-order valence-electron chi connectivity index (χ0n) is 10.3. The van der Waals surface area contributed by atoms with Crippen LogP contribution in [0.15, 0.2) is 30.3 Å². The monoisotopic (exact) mass is 233 g/mol. The summed E-state index contributed by atoms with van der Waals surface area (Å²) in [5.74, 6) is 0.396. The Morgan fingerprint density at radius 3 is 2.82 bits per heavy atom. The van der Waals surface area contributed by atoms with E-state index in [1.54, 1.807) is 0 Å². The van der Waals surface area contributed by atoms with E-state index in [0.29, 0.717) is 18.5 Å². The summed E-state index contributed by atoms with van der Waals surface area (Å²) in [5.41, 5.74) is 1.38. The molecule has 0 aromatic heterocycles. The molecule has 3 unspecified atom stereocenters. The number of ether oxygens (including phenoxy) is 1.